The number of thiophene rings is 1. The molecule has 1 aliphatic rings. The van der Waals surface area contributed by atoms with Crippen LogP contribution in [0.2, 0.25) is 0 Å². The minimum atomic E-state index is -1.06. The smallest absolute Gasteiger partial charge is 0.305 e. The van der Waals surface area contributed by atoms with Crippen LogP contribution in [0.1, 0.15) is 43.6 Å². The molecular weight excluding hydrogens is 566 g/mol. The average Bonchev–Trinajstić information content (AvgIpc) is 3.56. The Labute approximate surface area is 253 Å². The third-order valence-corrected chi connectivity index (χ3v) is 8.01. The van der Waals surface area contributed by atoms with Gasteiger partial charge in [0.25, 0.3) is 11.8 Å². The number of pyridine rings is 1. The summed E-state index contributed by atoms with van der Waals surface area (Å²) in [7, 11) is 0. The predicted molar refractivity (Wildman–Crippen MR) is 164 cm³/mol. The Bertz CT molecular complexity index is 1570. The van der Waals surface area contributed by atoms with Gasteiger partial charge in [-0.15, -0.1) is 11.3 Å². The normalized spacial score (nSPS) is 13.7. The summed E-state index contributed by atoms with van der Waals surface area (Å²) in [6, 6.07) is 20.7. The molecule has 1 atom stereocenters. The van der Waals surface area contributed by atoms with Crippen LogP contribution in [-0.4, -0.2) is 64.9 Å². The van der Waals surface area contributed by atoms with Crippen molar-refractivity contribution >= 4 is 46.4 Å². The zero-order chi connectivity index (χ0) is 30.2. The van der Waals surface area contributed by atoms with Gasteiger partial charge in [-0.3, -0.25) is 24.2 Å². The standard InChI is InChI=1S/C32H31N5O5S/c38-29(18-22-6-2-1-3-7-22)34-26-19-23(31(41)35-25(20-30(39)40)24-8-4-12-33-21-24)10-11-27(26)36-13-15-37(16-14-36)32(42)28-9-5-17-43-28/h1-12,17,19,21,25H,13-16,18,20H2,(H,34,38)(H,35,41)(H,39,40). The minimum Gasteiger partial charge on any atom is -0.481 e. The van der Waals surface area contributed by atoms with E-state index in [1.54, 1.807) is 36.5 Å². The van der Waals surface area contributed by atoms with Crippen molar-refractivity contribution in [2.45, 2.75) is 18.9 Å². The first-order valence-electron chi connectivity index (χ1n) is 13.9. The number of nitrogens with zero attached hydrogens (tertiary/aromatic N) is 3. The summed E-state index contributed by atoms with van der Waals surface area (Å²) in [5, 5.41) is 17.1. The monoisotopic (exact) mass is 597 g/mol. The Morgan fingerprint density at radius 3 is 2.40 bits per heavy atom. The summed E-state index contributed by atoms with van der Waals surface area (Å²) in [4.78, 5) is 59.5. The number of hydrogen-bond donors (Lipinski definition) is 3. The lowest BCUT2D eigenvalue weighted by Crippen LogP contribution is -2.48. The third kappa shape index (κ3) is 7.63. The maximum atomic E-state index is 13.4. The van der Waals surface area contributed by atoms with Crippen LogP contribution in [0.5, 0.6) is 0 Å². The number of nitrogens with one attached hydrogen (secondary N) is 2. The van der Waals surface area contributed by atoms with Crippen molar-refractivity contribution in [3.63, 3.8) is 0 Å². The van der Waals surface area contributed by atoms with Crippen molar-refractivity contribution < 1.29 is 24.3 Å². The van der Waals surface area contributed by atoms with Crippen LogP contribution in [-0.2, 0) is 16.0 Å². The number of carbonyl (C=O) groups excluding carboxylic acids is 3. The van der Waals surface area contributed by atoms with Crippen molar-refractivity contribution in [3.05, 3.63) is 112 Å². The van der Waals surface area contributed by atoms with Crippen LogP contribution in [0, 0.1) is 0 Å². The highest BCUT2D eigenvalue weighted by molar-refractivity contribution is 7.12. The van der Waals surface area contributed by atoms with Gasteiger partial charge in [-0.2, -0.15) is 0 Å². The van der Waals surface area contributed by atoms with Gasteiger partial charge < -0.3 is 25.5 Å². The number of rotatable bonds is 10. The summed E-state index contributed by atoms with van der Waals surface area (Å²) in [6.07, 6.45) is 2.94. The van der Waals surface area contributed by atoms with Crippen LogP contribution in [0.25, 0.3) is 0 Å². The molecule has 11 heteroatoms. The number of hydrogen-bond acceptors (Lipinski definition) is 7. The number of carbonyl (C=O) groups is 4. The van der Waals surface area contributed by atoms with Crippen LogP contribution < -0.4 is 15.5 Å². The molecule has 0 spiro atoms. The maximum Gasteiger partial charge on any atom is 0.305 e. The van der Waals surface area contributed by atoms with Crippen molar-refractivity contribution in [2.24, 2.45) is 0 Å². The van der Waals surface area contributed by atoms with E-state index >= 15 is 0 Å². The highest BCUT2D eigenvalue weighted by atomic mass is 32.1. The molecule has 1 fully saturated rings. The summed E-state index contributed by atoms with van der Waals surface area (Å²) in [6.45, 7) is 2.12. The van der Waals surface area contributed by atoms with Crippen LogP contribution in [0.15, 0.2) is 90.6 Å². The highest BCUT2D eigenvalue weighted by Crippen LogP contribution is 2.30. The fraction of sp³-hybridized carbons (Fsp3) is 0.219. The molecule has 5 rings (SSSR count). The molecule has 0 saturated carbocycles. The lowest BCUT2D eigenvalue weighted by atomic mass is 10.0. The Hall–Kier alpha value is -5.03. The Kier molecular flexibility index (Phi) is 9.42. The van der Waals surface area contributed by atoms with E-state index in [-0.39, 0.29) is 30.2 Å². The molecule has 0 radical (unpaired) electrons. The van der Waals surface area contributed by atoms with Gasteiger partial charge in [0.1, 0.15) is 0 Å². The van der Waals surface area contributed by atoms with Gasteiger partial charge in [-0.25, -0.2) is 0 Å². The molecule has 3 heterocycles. The molecule has 1 saturated heterocycles. The van der Waals surface area contributed by atoms with Crippen molar-refractivity contribution in [3.8, 4) is 0 Å². The second kappa shape index (κ2) is 13.8. The third-order valence-electron chi connectivity index (χ3n) is 7.15. The lowest BCUT2D eigenvalue weighted by molar-refractivity contribution is -0.137. The molecule has 3 amide bonds. The van der Waals surface area contributed by atoms with Crippen LogP contribution >= 0.6 is 11.3 Å². The van der Waals surface area contributed by atoms with Gasteiger partial charge in [-0.1, -0.05) is 42.5 Å². The van der Waals surface area contributed by atoms with Gasteiger partial charge >= 0.3 is 5.97 Å². The maximum absolute atomic E-state index is 13.4. The molecule has 10 nitrogen and oxygen atoms in total. The Morgan fingerprint density at radius 1 is 0.930 bits per heavy atom. The topological polar surface area (TPSA) is 132 Å². The summed E-state index contributed by atoms with van der Waals surface area (Å²) in [5.74, 6) is -1.78. The summed E-state index contributed by atoms with van der Waals surface area (Å²) >= 11 is 1.42. The molecule has 2 aromatic carbocycles. The van der Waals surface area contributed by atoms with Gasteiger partial charge in [0.2, 0.25) is 5.91 Å². The van der Waals surface area contributed by atoms with Gasteiger partial charge in [0.05, 0.1) is 35.1 Å². The first kappa shape index (κ1) is 29.5. The molecule has 0 bridgehead atoms. The molecule has 2 aromatic heterocycles. The van der Waals surface area contributed by atoms with E-state index in [1.165, 1.54) is 17.5 Å². The van der Waals surface area contributed by atoms with Gasteiger partial charge in [0, 0.05) is 44.1 Å². The molecule has 0 aliphatic carbocycles. The zero-order valence-corrected chi connectivity index (χ0v) is 24.1. The number of aromatic nitrogens is 1. The SMILES string of the molecule is O=C(O)CC(NC(=O)c1ccc(N2CCN(C(=O)c3cccs3)CC2)c(NC(=O)Cc2ccccc2)c1)c1cccnc1. The second-order valence-electron chi connectivity index (χ2n) is 10.1. The highest BCUT2D eigenvalue weighted by Gasteiger charge is 2.26. The fourth-order valence-corrected chi connectivity index (χ4v) is 5.68. The van der Waals surface area contributed by atoms with E-state index < -0.39 is 17.9 Å². The van der Waals surface area contributed by atoms with E-state index in [9.17, 15) is 24.3 Å². The van der Waals surface area contributed by atoms with Crippen molar-refractivity contribution in [1.82, 2.24) is 15.2 Å². The molecule has 43 heavy (non-hydrogen) atoms. The van der Waals surface area contributed by atoms with Crippen molar-refractivity contribution in [2.75, 3.05) is 36.4 Å². The van der Waals surface area contributed by atoms with Crippen molar-refractivity contribution in [1.29, 1.82) is 0 Å². The first-order valence-corrected chi connectivity index (χ1v) is 14.7. The fourth-order valence-electron chi connectivity index (χ4n) is 4.99. The molecule has 3 N–H and O–H groups in total. The summed E-state index contributed by atoms with van der Waals surface area (Å²) < 4.78 is 0. The van der Waals surface area contributed by atoms with E-state index in [0.717, 1.165) is 11.3 Å². The molecule has 220 valence electrons. The number of anilines is 2. The first-order chi connectivity index (χ1) is 20.9. The predicted octanol–water partition coefficient (Wildman–Crippen LogP) is 4.23. The quantitative estimate of drug-likeness (QED) is 0.249. The Balaban J connectivity index is 1.36. The van der Waals surface area contributed by atoms with E-state index in [0.29, 0.717) is 42.3 Å². The number of aliphatic carboxylic acids is 1. The Morgan fingerprint density at radius 2 is 1.72 bits per heavy atom. The van der Waals surface area contributed by atoms with Crippen LogP contribution in [0.4, 0.5) is 11.4 Å². The number of carboxylic acid groups (broad SMARTS) is 1. The number of benzene rings is 2. The zero-order valence-electron chi connectivity index (χ0n) is 23.3. The average molecular weight is 598 g/mol. The largest absolute Gasteiger partial charge is 0.481 e. The van der Waals surface area contributed by atoms with Gasteiger partial charge in [-0.05, 0) is 46.8 Å². The molecular formula is C32H31N5O5S. The lowest BCUT2D eigenvalue weighted by Gasteiger charge is -2.37. The number of piperazine rings is 1. The number of amides is 3. The van der Waals surface area contributed by atoms with E-state index in [4.69, 9.17) is 0 Å². The molecule has 4 aromatic rings. The summed E-state index contributed by atoms with van der Waals surface area (Å²) in [5.41, 5.74) is 2.88. The van der Waals surface area contributed by atoms with Gasteiger partial charge in [0.15, 0.2) is 0 Å². The molecule has 1 unspecified atom stereocenters. The number of carboxylic acids is 1. The second-order valence-corrected chi connectivity index (χ2v) is 11.1. The minimum absolute atomic E-state index is 0.00240. The van der Waals surface area contributed by atoms with E-state index in [1.807, 2.05) is 52.7 Å². The molecule has 1 aliphatic heterocycles. The van der Waals surface area contributed by atoms with E-state index in [2.05, 4.69) is 20.5 Å². The van der Waals surface area contributed by atoms with Crippen LogP contribution in [0.3, 0.4) is 0 Å².